The monoisotopic (exact) mass is 363 g/mol. The summed E-state index contributed by atoms with van der Waals surface area (Å²) in [5, 5.41) is 0. The number of ether oxygens (including phenoxy) is 1. The van der Waals surface area contributed by atoms with Crippen LogP contribution in [-0.2, 0) is 16.0 Å². The highest BCUT2D eigenvalue weighted by atomic mass is 19.4. The number of allylic oxidation sites excluding steroid dienone is 1. The van der Waals surface area contributed by atoms with Crippen LogP contribution in [0.2, 0.25) is 0 Å². The van der Waals surface area contributed by atoms with Crippen molar-refractivity contribution in [2.45, 2.75) is 31.2 Å². The SMILES string of the molecule is NC(C=CCCc1ccccc1)C(OC(=O)C(F)(F)F)c1ccccc1. The van der Waals surface area contributed by atoms with Gasteiger partial charge in [0.25, 0.3) is 0 Å². The Morgan fingerprint density at radius 3 is 2.19 bits per heavy atom. The maximum Gasteiger partial charge on any atom is 0.490 e. The van der Waals surface area contributed by atoms with E-state index in [2.05, 4.69) is 4.74 Å². The average Bonchev–Trinajstić information content (AvgIpc) is 2.63. The van der Waals surface area contributed by atoms with Crippen molar-refractivity contribution in [1.82, 2.24) is 0 Å². The zero-order valence-corrected chi connectivity index (χ0v) is 14.0. The highest BCUT2D eigenvalue weighted by Crippen LogP contribution is 2.26. The number of alkyl halides is 3. The first-order valence-corrected chi connectivity index (χ1v) is 8.17. The number of carbonyl (C=O) groups is 1. The predicted octanol–water partition coefficient (Wildman–Crippen LogP) is 4.35. The largest absolute Gasteiger partial charge is 0.490 e. The highest BCUT2D eigenvalue weighted by Gasteiger charge is 2.43. The molecule has 0 bridgehead atoms. The lowest BCUT2D eigenvalue weighted by molar-refractivity contribution is -0.205. The van der Waals surface area contributed by atoms with Gasteiger partial charge >= 0.3 is 12.1 Å². The Morgan fingerprint density at radius 2 is 1.62 bits per heavy atom. The van der Waals surface area contributed by atoms with Gasteiger partial charge in [-0.05, 0) is 24.0 Å². The molecule has 2 aromatic carbocycles. The van der Waals surface area contributed by atoms with E-state index in [1.54, 1.807) is 42.5 Å². The summed E-state index contributed by atoms with van der Waals surface area (Å²) < 4.78 is 42.3. The van der Waals surface area contributed by atoms with E-state index >= 15 is 0 Å². The van der Waals surface area contributed by atoms with E-state index in [0.29, 0.717) is 12.0 Å². The van der Waals surface area contributed by atoms with Crippen LogP contribution in [0, 0.1) is 0 Å². The van der Waals surface area contributed by atoms with Crippen LogP contribution in [0.15, 0.2) is 72.8 Å². The lowest BCUT2D eigenvalue weighted by atomic mass is 10.0. The van der Waals surface area contributed by atoms with Gasteiger partial charge in [0.2, 0.25) is 0 Å². The molecule has 0 heterocycles. The van der Waals surface area contributed by atoms with E-state index in [1.807, 2.05) is 30.3 Å². The summed E-state index contributed by atoms with van der Waals surface area (Å²) in [5.74, 6) is -2.25. The number of nitrogens with two attached hydrogens (primary N) is 1. The Kier molecular flexibility index (Phi) is 6.97. The van der Waals surface area contributed by atoms with Gasteiger partial charge in [0.05, 0.1) is 6.04 Å². The van der Waals surface area contributed by atoms with E-state index in [-0.39, 0.29) is 0 Å². The maximum absolute atomic E-state index is 12.5. The molecule has 3 nitrogen and oxygen atoms in total. The Bertz CT molecular complexity index is 715. The zero-order chi connectivity index (χ0) is 19.0. The van der Waals surface area contributed by atoms with E-state index < -0.39 is 24.3 Å². The molecule has 6 heteroatoms. The van der Waals surface area contributed by atoms with Crippen molar-refractivity contribution in [1.29, 1.82) is 0 Å². The van der Waals surface area contributed by atoms with Gasteiger partial charge in [-0.1, -0.05) is 72.8 Å². The molecule has 2 unspecified atom stereocenters. The number of hydrogen-bond acceptors (Lipinski definition) is 3. The molecule has 0 spiro atoms. The summed E-state index contributed by atoms with van der Waals surface area (Å²) in [4.78, 5) is 11.2. The lowest BCUT2D eigenvalue weighted by Crippen LogP contribution is -2.34. The van der Waals surface area contributed by atoms with Crippen molar-refractivity contribution >= 4 is 5.97 Å². The van der Waals surface area contributed by atoms with E-state index in [0.717, 1.165) is 12.0 Å². The van der Waals surface area contributed by atoms with Gasteiger partial charge in [0.1, 0.15) is 6.10 Å². The van der Waals surface area contributed by atoms with Crippen molar-refractivity contribution < 1.29 is 22.7 Å². The van der Waals surface area contributed by atoms with Gasteiger partial charge in [0.15, 0.2) is 0 Å². The smallest absolute Gasteiger partial charge is 0.449 e. The van der Waals surface area contributed by atoms with Crippen molar-refractivity contribution in [3.63, 3.8) is 0 Å². The third-order valence-electron chi connectivity index (χ3n) is 3.74. The first-order valence-electron chi connectivity index (χ1n) is 8.17. The average molecular weight is 363 g/mol. The van der Waals surface area contributed by atoms with E-state index in [9.17, 15) is 18.0 Å². The van der Waals surface area contributed by atoms with Crippen LogP contribution in [0.4, 0.5) is 13.2 Å². The fraction of sp³-hybridized carbons (Fsp3) is 0.250. The summed E-state index contributed by atoms with van der Waals surface area (Å²) >= 11 is 0. The number of halogens is 3. The topological polar surface area (TPSA) is 52.3 Å². The summed E-state index contributed by atoms with van der Waals surface area (Å²) in [6, 6.07) is 17.1. The molecule has 0 aliphatic heterocycles. The first-order chi connectivity index (χ1) is 12.4. The van der Waals surface area contributed by atoms with Crippen LogP contribution in [0.5, 0.6) is 0 Å². The normalized spacial score (nSPS) is 14.2. The summed E-state index contributed by atoms with van der Waals surface area (Å²) in [5.41, 5.74) is 7.54. The molecular formula is C20H20F3NO2. The first kappa shape index (κ1) is 19.7. The third-order valence-corrected chi connectivity index (χ3v) is 3.74. The standard InChI is InChI=1S/C20H20F3NO2/c21-20(22,23)19(25)26-18(16-12-5-2-6-13-16)17(24)14-8-7-11-15-9-3-1-4-10-15/h1-6,8-10,12-14,17-18H,7,11,24H2. The second kappa shape index (κ2) is 9.20. The molecular weight excluding hydrogens is 343 g/mol. The van der Waals surface area contributed by atoms with Gasteiger partial charge in [0, 0.05) is 0 Å². The molecule has 0 amide bonds. The molecule has 2 aromatic rings. The maximum atomic E-state index is 12.5. The Morgan fingerprint density at radius 1 is 1.04 bits per heavy atom. The predicted molar refractivity (Wildman–Crippen MR) is 93.2 cm³/mol. The molecule has 0 aliphatic carbocycles. The molecule has 2 atom stereocenters. The summed E-state index contributed by atoms with van der Waals surface area (Å²) in [6.07, 6.45) is -1.46. The second-order valence-electron chi connectivity index (χ2n) is 5.76. The molecule has 2 rings (SSSR count). The molecule has 0 aromatic heterocycles. The van der Waals surface area contributed by atoms with Gasteiger partial charge in [-0.15, -0.1) is 0 Å². The fourth-order valence-corrected chi connectivity index (χ4v) is 2.44. The highest BCUT2D eigenvalue weighted by molar-refractivity contribution is 5.76. The fourth-order valence-electron chi connectivity index (χ4n) is 2.44. The molecule has 0 saturated heterocycles. The molecule has 0 fully saturated rings. The number of rotatable bonds is 7. The van der Waals surface area contributed by atoms with Crippen molar-refractivity contribution in [2.75, 3.05) is 0 Å². The van der Waals surface area contributed by atoms with Crippen LogP contribution >= 0.6 is 0 Å². The second-order valence-corrected chi connectivity index (χ2v) is 5.76. The Hall–Kier alpha value is -2.60. The third kappa shape index (κ3) is 6.04. The number of carbonyl (C=O) groups excluding carboxylic acids is 1. The van der Waals surface area contributed by atoms with Crippen LogP contribution in [-0.4, -0.2) is 18.2 Å². The minimum Gasteiger partial charge on any atom is -0.449 e. The summed E-state index contributed by atoms with van der Waals surface area (Å²) in [6.45, 7) is 0. The molecule has 26 heavy (non-hydrogen) atoms. The molecule has 138 valence electrons. The van der Waals surface area contributed by atoms with Crippen LogP contribution in [0.1, 0.15) is 23.7 Å². The number of aryl methyl sites for hydroxylation is 1. The van der Waals surface area contributed by atoms with Crippen LogP contribution < -0.4 is 5.73 Å². The van der Waals surface area contributed by atoms with Crippen molar-refractivity contribution in [3.05, 3.63) is 83.9 Å². The Labute approximate surface area is 150 Å². The van der Waals surface area contributed by atoms with E-state index in [1.165, 1.54) is 0 Å². The van der Waals surface area contributed by atoms with Crippen molar-refractivity contribution in [3.8, 4) is 0 Å². The van der Waals surface area contributed by atoms with Crippen molar-refractivity contribution in [2.24, 2.45) is 5.73 Å². The lowest BCUT2D eigenvalue weighted by Gasteiger charge is -2.23. The van der Waals surface area contributed by atoms with Gasteiger partial charge in [-0.3, -0.25) is 0 Å². The van der Waals surface area contributed by atoms with Crippen LogP contribution in [0.25, 0.3) is 0 Å². The van der Waals surface area contributed by atoms with Gasteiger partial charge < -0.3 is 10.5 Å². The zero-order valence-electron chi connectivity index (χ0n) is 14.0. The number of benzene rings is 2. The molecule has 0 saturated carbocycles. The van der Waals surface area contributed by atoms with Gasteiger partial charge in [-0.25, -0.2) is 4.79 Å². The van der Waals surface area contributed by atoms with Gasteiger partial charge in [-0.2, -0.15) is 13.2 Å². The minimum absolute atomic E-state index is 0.408. The summed E-state index contributed by atoms with van der Waals surface area (Å²) in [7, 11) is 0. The molecule has 0 radical (unpaired) electrons. The van der Waals surface area contributed by atoms with Crippen LogP contribution in [0.3, 0.4) is 0 Å². The molecule has 0 aliphatic rings. The number of esters is 1. The number of hydrogen-bond donors (Lipinski definition) is 1. The Balaban J connectivity index is 2.04. The van der Waals surface area contributed by atoms with E-state index in [4.69, 9.17) is 5.73 Å². The minimum atomic E-state index is -5.07. The molecule has 2 N–H and O–H groups in total. The quantitative estimate of drug-likeness (QED) is 0.588.